The molecule has 1 atom stereocenters. The number of rotatable bonds is 5. The molecule has 3 N–H and O–H groups in total. The van der Waals surface area contributed by atoms with Crippen LogP contribution in [0.15, 0.2) is 48.5 Å². The van der Waals surface area contributed by atoms with Crippen LogP contribution in [0.25, 0.3) is 0 Å². The third-order valence-corrected chi connectivity index (χ3v) is 3.31. The molecular weight excluding hydrogens is 236 g/mol. The quantitative estimate of drug-likeness (QED) is 0.639. The number of aryl methyl sites for hydroxylation is 1. The van der Waals surface area contributed by atoms with Crippen LogP contribution in [-0.4, -0.2) is 7.11 Å². The second-order valence-corrected chi connectivity index (χ2v) is 4.47. The first kappa shape index (κ1) is 13.6. The molecular formula is C16H20N2O. The van der Waals surface area contributed by atoms with Crippen molar-refractivity contribution in [2.24, 2.45) is 5.84 Å². The highest BCUT2D eigenvalue weighted by Crippen LogP contribution is 2.24. The maximum absolute atomic E-state index is 5.72. The minimum absolute atomic E-state index is 0.00240. The number of ether oxygens (including phenoxy) is 1. The summed E-state index contributed by atoms with van der Waals surface area (Å²) in [4.78, 5) is 0. The van der Waals surface area contributed by atoms with E-state index in [2.05, 4.69) is 36.6 Å². The van der Waals surface area contributed by atoms with E-state index < -0.39 is 0 Å². The summed E-state index contributed by atoms with van der Waals surface area (Å²) >= 11 is 0. The third-order valence-electron chi connectivity index (χ3n) is 3.31. The normalized spacial score (nSPS) is 12.2. The zero-order chi connectivity index (χ0) is 13.7. The second kappa shape index (κ2) is 6.36. The molecule has 3 nitrogen and oxygen atoms in total. The van der Waals surface area contributed by atoms with Crippen molar-refractivity contribution < 1.29 is 4.74 Å². The zero-order valence-electron chi connectivity index (χ0n) is 11.4. The van der Waals surface area contributed by atoms with E-state index in [4.69, 9.17) is 10.6 Å². The van der Waals surface area contributed by atoms with Crippen LogP contribution in [0.3, 0.4) is 0 Å². The molecule has 1 unspecified atom stereocenters. The molecule has 100 valence electrons. The molecule has 0 aliphatic rings. The Labute approximate surface area is 114 Å². The summed E-state index contributed by atoms with van der Waals surface area (Å²) in [6.45, 7) is 2.15. The van der Waals surface area contributed by atoms with Crippen LogP contribution in [0.2, 0.25) is 0 Å². The SMILES string of the molecule is CCc1cccc(C(NN)c2ccc(OC)cc2)c1. The van der Waals surface area contributed by atoms with Gasteiger partial charge in [-0.05, 0) is 35.2 Å². The van der Waals surface area contributed by atoms with Gasteiger partial charge in [0.15, 0.2) is 0 Å². The molecule has 2 aromatic carbocycles. The smallest absolute Gasteiger partial charge is 0.118 e. The standard InChI is InChI=1S/C16H20N2O/c1-3-12-5-4-6-14(11-12)16(18-17)13-7-9-15(19-2)10-8-13/h4-11,16,18H,3,17H2,1-2H3. The van der Waals surface area contributed by atoms with Gasteiger partial charge in [0.05, 0.1) is 13.2 Å². The summed E-state index contributed by atoms with van der Waals surface area (Å²) in [5.74, 6) is 6.57. The fraction of sp³-hybridized carbons (Fsp3) is 0.250. The lowest BCUT2D eigenvalue weighted by Crippen LogP contribution is -2.28. The Balaban J connectivity index is 2.31. The van der Waals surface area contributed by atoms with Gasteiger partial charge in [-0.2, -0.15) is 0 Å². The van der Waals surface area contributed by atoms with Crippen LogP contribution in [0.4, 0.5) is 0 Å². The Morgan fingerprint density at radius 1 is 1.11 bits per heavy atom. The first-order valence-corrected chi connectivity index (χ1v) is 6.47. The number of hydrogen-bond donors (Lipinski definition) is 2. The summed E-state index contributed by atoms with van der Waals surface area (Å²) in [5.41, 5.74) is 6.49. The molecule has 0 saturated heterocycles. The van der Waals surface area contributed by atoms with Crippen LogP contribution < -0.4 is 16.0 Å². The van der Waals surface area contributed by atoms with Gasteiger partial charge in [0.2, 0.25) is 0 Å². The van der Waals surface area contributed by atoms with E-state index in [1.54, 1.807) is 7.11 Å². The zero-order valence-corrected chi connectivity index (χ0v) is 11.4. The van der Waals surface area contributed by atoms with Gasteiger partial charge in [0, 0.05) is 0 Å². The maximum atomic E-state index is 5.72. The van der Waals surface area contributed by atoms with Gasteiger partial charge in [0.25, 0.3) is 0 Å². The predicted octanol–water partition coefficient (Wildman–Crippen LogP) is 2.81. The highest BCUT2D eigenvalue weighted by atomic mass is 16.5. The molecule has 0 aromatic heterocycles. The van der Waals surface area contributed by atoms with Gasteiger partial charge >= 0.3 is 0 Å². The molecule has 3 heteroatoms. The molecule has 2 rings (SSSR count). The van der Waals surface area contributed by atoms with Crippen molar-refractivity contribution in [1.29, 1.82) is 0 Å². The van der Waals surface area contributed by atoms with E-state index in [0.29, 0.717) is 0 Å². The van der Waals surface area contributed by atoms with Crippen LogP contribution in [0.5, 0.6) is 5.75 Å². The topological polar surface area (TPSA) is 47.3 Å². The fourth-order valence-corrected chi connectivity index (χ4v) is 2.17. The monoisotopic (exact) mass is 256 g/mol. The summed E-state index contributed by atoms with van der Waals surface area (Å²) in [5, 5.41) is 0. The lowest BCUT2D eigenvalue weighted by molar-refractivity contribution is 0.414. The Bertz CT molecular complexity index is 523. The van der Waals surface area contributed by atoms with Crippen molar-refractivity contribution in [2.45, 2.75) is 19.4 Å². The van der Waals surface area contributed by atoms with E-state index in [1.807, 2.05) is 24.3 Å². The molecule has 0 saturated carbocycles. The highest BCUT2D eigenvalue weighted by molar-refractivity contribution is 5.36. The Morgan fingerprint density at radius 2 is 1.84 bits per heavy atom. The molecule has 2 aromatic rings. The van der Waals surface area contributed by atoms with Crippen LogP contribution in [0.1, 0.15) is 29.7 Å². The first-order chi connectivity index (χ1) is 9.28. The van der Waals surface area contributed by atoms with Crippen molar-refractivity contribution in [3.63, 3.8) is 0 Å². The van der Waals surface area contributed by atoms with E-state index in [0.717, 1.165) is 17.7 Å². The minimum atomic E-state index is -0.00240. The number of nitrogens with two attached hydrogens (primary N) is 1. The summed E-state index contributed by atoms with van der Waals surface area (Å²) in [6, 6.07) is 16.4. The number of methoxy groups -OCH3 is 1. The summed E-state index contributed by atoms with van der Waals surface area (Å²) in [6.07, 6.45) is 1.02. The van der Waals surface area contributed by atoms with E-state index >= 15 is 0 Å². The molecule has 0 aliphatic heterocycles. The van der Waals surface area contributed by atoms with E-state index in [1.165, 1.54) is 11.1 Å². The van der Waals surface area contributed by atoms with Crippen molar-refractivity contribution in [3.05, 3.63) is 65.2 Å². The molecule has 0 radical (unpaired) electrons. The molecule has 0 spiro atoms. The third kappa shape index (κ3) is 3.13. The van der Waals surface area contributed by atoms with Crippen LogP contribution >= 0.6 is 0 Å². The number of hydrazine groups is 1. The van der Waals surface area contributed by atoms with Gasteiger partial charge < -0.3 is 4.74 Å². The van der Waals surface area contributed by atoms with Crippen molar-refractivity contribution in [2.75, 3.05) is 7.11 Å². The summed E-state index contributed by atoms with van der Waals surface area (Å²) < 4.78 is 5.17. The molecule has 19 heavy (non-hydrogen) atoms. The van der Waals surface area contributed by atoms with E-state index in [-0.39, 0.29) is 6.04 Å². The van der Waals surface area contributed by atoms with Gasteiger partial charge in [0.1, 0.15) is 5.75 Å². The highest BCUT2D eigenvalue weighted by Gasteiger charge is 2.12. The molecule has 0 heterocycles. The molecule has 0 bridgehead atoms. The van der Waals surface area contributed by atoms with Gasteiger partial charge in [-0.25, -0.2) is 5.43 Å². The second-order valence-electron chi connectivity index (χ2n) is 4.47. The van der Waals surface area contributed by atoms with Crippen molar-refractivity contribution >= 4 is 0 Å². The molecule has 0 amide bonds. The Hall–Kier alpha value is -1.84. The number of benzene rings is 2. The lowest BCUT2D eigenvalue weighted by Gasteiger charge is -2.18. The summed E-state index contributed by atoms with van der Waals surface area (Å²) in [7, 11) is 1.67. The van der Waals surface area contributed by atoms with Crippen LogP contribution in [-0.2, 0) is 6.42 Å². The first-order valence-electron chi connectivity index (χ1n) is 6.47. The number of hydrogen-bond acceptors (Lipinski definition) is 3. The maximum Gasteiger partial charge on any atom is 0.118 e. The molecule has 0 aliphatic carbocycles. The Morgan fingerprint density at radius 3 is 2.42 bits per heavy atom. The van der Waals surface area contributed by atoms with Gasteiger partial charge in [-0.1, -0.05) is 43.3 Å². The van der Waals surface area contributed by atoms with E-state index in [9.17, 15) is 0 Å². The van der Waals surface area contributed by atoms with Crippen molar-refractivity contribution in [1.82, 2.24) is 5.43 Å². The number of nitrogens with one attached hydrogen (secondary N) is 1. The van der Waals surface area contributed by atoms with Crippen LogP contribution in [0, 0.1) is 0 Å². The molecule has 0 fully saturated rings. The average Bonchev–Trinajstić information content (AvgIpc) is 2.49. The minimum Gasteiger partial charge on any atom is -0.497 e. The lowest BCUT2D eigenvalue weighted by atomic mass is 9.97. The van der Waals surface area contributed by atoms with Crippen molar-refractivity contribution in [3.8, 4) is 5.75 Å². The largest absolute Gasteiger partial charge is 0.497 e. The van der Waals surface area contributed by atoms with Gasteiger partial charge in [-0.3, -0.25) is 5.84 Å². The predicted molar refractivity (Wildman–Crippen MR) is 78.0 cm³/mol. The fourth-order valence-electron chi connectivity index (χ4n) is 2.17. The van der Waals surface area contributed by atoms with Gasteiger partial charge in [-0.15, -0.1) is 0 Å². The Kier molecular flexibility index (Phi) is 4.55. The average molecular weight is 256 g/mol.